The molecule has 0 aromatic heterocycles. The van der Waals surface area contributed by atoms with Gasteiger partial charge in [0.2, 0.25) is 5.91 Å². The van der Waals surface area contributed by atoms with E-state index in [1.807, 2.05) is 44.1 Å². The SMILES string of the molecule is CC(CN1CCCCC1)C(=O)Nc1ccc(N(C)C)c(Cl)c1. The molecule has 1 heterocycles. The third kappa shape index (κ3) is 4.62. The van der Waals surface area contributed by atoms with Gasteiger partial charge in [-0.1, -0.05) is 24.9 Å². The van der Waals surface area contributed by atoms with Gasteiger partial charge in [0.05, 0.1) is 10.7 Å². The second-order valence-electron chi connectivity index (χ2n) is 6.31. The Balaban J connectivity index is 1.91. The van der Waals surface area contributed by atoms with E-state index in [2.05, 4.69) is 10.2 Å². The molecule has 1 aliphatic rings. The summed E-state index contributed by atoms with van der Waals surface area (Å²) in [5, 5.41) is 3.61. The molecule has 1 aromatic rings. The summed E-state index contributed by atoms with van der Waals surface area (Å²) in [6, 6.07) is 5.63. The van der Waals surface area contributed by atoms with Crippen molar-refractivity contribution < 1.29 is 4.79 Å². The average molecular weight is 324 g/mol. The van der Waals surface area contributed by atoms with Gasteiger partial charge in [-0.15, -0.1) is 0 Å². The zero-order valence-electron chi connectivity index (χ0n) is 13.7. The van der Waals surface area contributed by atoms with Crippen molar-refractivity contribution in [2.45, 2.75) is 26.2 Å². The number of piperidine rings is 1. The number of anilines is 2. The molecule has 1 aliphatic heterocycles. The Morgan fingerprint density at radius 3 is 2.59 bits per heavy atom. The molecule has 2 rings (SSSR count). The van der Waals surface area contributed by atoms with Crippen LogP contribution in [0.3, 0.4) is 0 Å². The minimum absolute atomic E-state index is 0.0228. The van der Waals surface area contributed by atoms with E-state index in [4.69, 9.17) is 11.6 Å². The molecule has 1 N–H and O–H groups in total. The number of halogens is 1. The van der Waals surface area contributed by atoms with Crippen molar-refractivity contribution in [3.63, 3.8) is 0 Å². The number of nitrogens with one attached hydrogen (secondary N) is 1. The summed E-state index contributed by atoms with van der Waals surface area (Å²) in [5.74, 6) is 0.0321. The summed E-state index contributed by atoms with van der Waals surface area (Å²) in [5.41, 5.74) is 1.70. The van der Waals surface area contributed by atoms with Gasteiger partial charge in [0.1, 0.15) is 0 Å². The molecule has 122 valence electrons. The van der Waals surface area contributed by atoms with Crippen LogP contribution in [0, 0.1) is 5.92 Å². The van der Waals surface area contributed by atoms with E-state index in [9.17, 15) is 4.79 Å². The molecule has 1 saturated heterocycles. The van der Waals surface area contributed by atoms with E-state index in [0.29, 0.717) is 5.02 Å². The van der Waals surface area contributed by atoms with Crippen LogP contribution in [0.25, 0.3) is 0 Å². The number of carbonyl (C=O) groups excluding carboxylic acids is 1. The van der Waals surface area contributed by atoms with Gasteiger partial charge >= 0.3 is 0 Å². The van der Waals surface area contributed by atoms with Crippen LogP contribution in [0.2, 0.25) is 5.02 Å². The number of hydrogen-bond donors (Lipinski definition) is 1. The van der Waals surface area contributed by atoms with Crippen molar-refractivity contribution in [1.82, 2.24) is 4.90 Å². The third-order valence-electron chi connectivity index (χ3n) is 4.13. The second kappa shape index (κ2) is 7.84. The van der Waals surface area contributed by atoms with Crippen molar-refractivity contribution in [3.05, 3.63) is 23.2 Å². The number of nitrogens with zero attached hydrogens (tertiary/aromatic N) is 2. The zero-order chi connectivity index (χ0) is 16.1. The fourth-order valence-corrected chi connectivity index (χ4v) is 3.17. The van der Waals surface area contributed by atoms with E-state index in [-0.39, 0.29) is 11.8 Å². The molecule has 0 bridgehead atoms. The molecule has 1 fully saturated rings. The highest BCUT2D eigenvalue weighted by Gasteiger charge is 2.19. The lowest BCUT2D eigenvalue weighted by atomic mass is 10.1. The second-order valence-corrected chi connectivity index (χ2v) is 6.72. The normalized spacial score (nSPS) is 17.1. The predicted octanol–water partition coefficient (Wildman–Crippen LogP) is 3.47. The van der Waals surface area contributed by atoms with E-state index in [0.717, 1.165) is 31.0 Å². The van der Waals surface area contributed by atoms with Gasteiger partial charge in [0.15, 0.2) is 0 Å². The highest BCUT2D eigenvalue weighted by Crippen LogP contribution is 2.27. The maximum atomic E-state index is 12.3. The Morgan fingerprint density at radius 1 is 1.32 bits per heavy atom. The lowest BCUT2D eigenvalue weighted by Gasteiger charge is -2.28. The summed E-state index contributed by atoms with van der Waals surface area (Å²) in [4.78, 5) is 16.7. The smallest absolute Gasteiger partial charge is 0.228 e. The van der Waals surface area contributed by atoms with Gasteiger partial charge in [0.25, 0.3) is 0 Å². The molecule has 1 amide bonds. The van der Waals surface area contributed by atoms with E-state index >= 15 is 0 Å². The van der Waals surface area contributed by atoms with E-state index in [1.54, 1.807) is 0 Å². The maximum absolute atomic E-state index is 12.3. The quantitative estimate of drug-likeness (QED) is 0.901. The van der Waals surface area contributed by atoms with Crippen LogP contribution in [0.4, 0.5) is 11.4 Å². The third-order valence-corrected chi connectivity index (χ3v) is 4.43. The molecule has 22 heavy (non-hydrogen) atoms. The number of amides is 1. The summed E-state index contributed by atoms with van der Waals surface area (Å²) in [6.07, 6.45) is 3.81. The van der Waals surface area contributed by atoms with Crippen molar-refractivity contribution in [3.8, 4) is 0 Å². The summed E-state index contributed by atoms with van der Waals surface area (Å²) >= 11 is 6.24. The Morgan fingerprint density at radius 2 is 2.00 bits per heavy atom. The molecule has 4 nitrogen and oxygen atoms in total. The van der Waals surface area contributed by atoms with Crippen LogP contribution in [-0.4, -0.2) is 44.5 Å². The topological polar surface area (TPSA) is 35.6 Å². The number of hydrogen-bond acceptors (Lipinski definition) is 3. The molecular weight excluding hydrogens is 298 g/mol. The first-order valence-electron chi connectivity index (χ1n) is 7.97. The molecule has 0 saturated carbocycles. The van der Waals surface area contributed by atoms with Crippen molar-refractivity contribution >= 4 is 28.9 Å². The monoisotopic (exact) mass is 323 g/mol. The maximum Gasteiger partial charge on any atom is 0.228 e. The first kappa shape index (κ1) is 17.1. The highest BCUT2D eigenvalue weighted by molar-refractivity contribution is 6.33. The molecule has 1 unspecified atom stereocenters. The fraction of sp³-hybridized carbons (Fsp3) is 0.588. The van der Waals surface area contributed by atoms with Crippen LogP contribution < -0.4 is 10.2 Å². The minimum atomic E-state index is -0.0228. The largest absolute Gasteiger partial charge is 0.376 e. The van der Waals surface area contributed by atoms with E-state index < -0.39 is 0 Å². The Bertz CT molecular complexity index is 513. The Labute approximate surface area is 138 Å². The molecule has 1 aromatic carbocycles. The summed E-state index contributed by atoms with van der Waals surface area (Å²) in [7, 11) is 3.89. The molecular formula is C17H26ClN3O. The molecule has 0 aliphatic carbocycles. The first-order chi connectivity index (χ1) is 10.5. The molecule has 0 spiro atoms. The van der Waals surface area contributed by atoms with Gasteiger partial charge in [0, 0.05) is 32.2 Å². The van der Waals surface area contributed by atoms with Gasteiger partial charge in [-0.25, -0.2) is 0 Å². The lowest BCUT2D eigenvalue weighted by Crippen LogP contribution is -2.37. The standard InChI is InChI=1S/C17H26ClN3O/c1-13(12-21-9-5-4-6-10-21)17(22)19-14-7-8-16(20(2)3)15(18)11-14/h7-8,11,13H,4-6,9-10,12H2,1-3H3,(H,19,22). The van der Waals surface area contributed by atoms with Gasteiger partial charge in [-0.05, 0) is 44.1 Å². The van der Waals surface area contributed by atoms with Crippen LogP contribution in [0.15, 0.2) is 18.2 Å². The predicted molar refractivity (Wildman–Crippen MR) is 93.9 cm³/mol. The molecule has 1 atom stereocenters. The van der Waals surface area contributed by atoms with Crippen LogP contribution in [0.5, 0.6) is 0 Å². The zero-order valence-corrected chi connectivity index (χ0v) is 14.5. The number of rotatable bonds is 5. The van der Waals surface area contributed by atoms with Crippen molar-refractivity contribution in [2.24, 2.45) is 5.92 Å². The summed E-state index contributed by atoms with van der Waals surface area (Å²) < 4.78 is 0. The number of likely N-dealkylation sites (tertiary alicyclic amines) is 1. The molecule has 0 radical (unpaired) electrons. The van der Waals surface area contributed by atoms with Gasteiger partial charge < -0.3 is 15.1 Å². The van der Waals surface area contributed by atoms with Gasteiger partial charge in [-0.3, -0.25) is 4.79 Å². The van der Waals surface area contributed by atoms with Crippen LogP contribution in [-0.2, 0) is 4.79 Å². The summed E-state index contributed by atoms with van der Waals surface area (Å²) in [6.45, 7) is 5.04. The molecule has 5 heteroatoms. The Kier molecular flexibility index (Phi) is 6.09. The lowest BCUT2D eigenvalue weighted by molar-refractivity contribution is -0.120. The van der Waals surface area contributed by atoms with E-state index in [1.165, 1.54) is 19.3 Å². The number of benzene rings is 1. The van der Waals surface area contributed by atoms with Crippen molar-refractivity contribution in [1.29, 1.82) is 0 Å². The average Bonchev–Trinajstić information content (AvgIpc) is 2.47. The van der Waals surface area contributed by atoms with Gasteiger partial charge in [-0.2, -0.15) is 0 Å². The first-order valence-corrected chi connectivity index (χ1v) is 8.35. The minimum Gasteiger partial charge on any atom is -0.376 e. The van der Waals surface area contributed by atoms with Crippen molar-refractivity contribution in [2.75, 3.05) is 43.9 Å². The number of carbonyl (C=O) groups is 1. The van der Waals surface area contributed by atoms with Crippen LogP contribution in [0.1, 0.15) is 26.2 Å². The Hall–Kier alpha value is -1.26. The van der Waals surface area contributed by atoms with Crippen LogP contribution >= 0.6 is 11.6 Å². The highest BCUT2D eigenvalue weighted by atomic mass is 35.5. The fourth-order valence-electron chi connectivity index (χ4n) is 2.82.